The number of rotatable bonds is 5. The summed E-state index contributed by atoms with van der Waals surface area (Å²) in [5, 5.41) is 15.5. The molecule has 0 atom stereocenters. The summed E-state index contributed by atoms with van der Waals surface area (Å²) in [6.07, 6.45) is 5.40. The first-order valence-electron chi connectivity index (χ1n) is 11.2. The van der Waals surface area contributed by atoms with E-state index in [1.54, 1.807) is 11.0 Å². The van der Waals surface area contributed by atoms with E-state index >= 15 is 0 Å². The normalized spacial score (nSPS) is 11.8. The average Bonchev–Trinajstić information content (AvgIpc) is 3.56. The number of hydrogen-bond acceptors (Lipinski definition) is 7. The first kappa shape index (κ1) is 22.5. The van der Waals surface area contributed by atoms with E-state index in [2.05, 4.69) is 36.7 Å². The van der Waals surface area contributed by atoms with Crippen molar-refractivity contribution in [2.45, 2.75) is 39.7 Å². The number of nitrogens with one attached hydrogen (secondary N) is 1. The van der Waals surface area contributed by atoms with Crippen LogP contribution in [0.5, 0.6) is 0 Å². The summed E-state index contributed by atoms with van der Waals surface area (Å²) in [6, 6.07) is 10.0. The molecule has 1 N–H and O–H groups in total. The standard InChI is InChI=1S/C25H26N8O2/c1-15-10-16(6-7-17(15)12-26-23(34)22-29-24(35-31-22)25(2,3)4)21-20-11-18(13-33(20)28-14-27-21)19-8-9-32(5)30-19/h6-11,13-14H,12H2,1-5H3,(H,26,34). The number of aromatic nitrogens is 7. The molecule has 35 heavy (non-hydrogen) atoms. The minimum atomic E-state index is -0.375. The third-order valence-electron chi connectivity index (χ3n) is 5.74. The molecule has 5 aromatic rings. The van der Waals surface area contributed by atoms with Crippen molar-refractivity contribution in [2.24, 2.45) is 7.05 Å². The molecule has 1 aromatic carbocycles. The summed E-state index contributed by atoms with van der Waals surface area (Å²) in [4.78, 5) is 21.3. The Morgan fingerprint density at radius 3 is 2.66 bits per heavy atom. The van der Waals surface area contributed by atoms with Crippen LogP contribution in [0.25, 0.3) is 28.0 Å². The van der Waals surface area contributed by atoms with E-state index in [0.29, 0.717) is 12.4 Å². The number of benzene rings is 1. The Hall–Kier alpha value is -4.34. The number of fused-ring (bicyclic) bond motifs is 1. The number of amides is 1. The van der Waals surface area contributed by atoms with Gasteiger partial charge in [-0.15, -0.1) is 0 Å². The van der Waals surface area contributed by atoms with Crippen LogP contribution in [0, 0.1) is 6.92 Å². The zero-order chi connectivity index (χ0) is 24.7. The lowest BCUT2D eigenvalue weighted by molar-refractivity contribution is 0.0937. The second-order valence-corrected chi connectivity index (χ2v) is 9.54. The lowest BCUT2D eigenvalue weighted by atomic mass is 9.97. The maximum absolute atomic E-state index is 12.5. The van der Waals surface area contributed by atoms with Crippen LogP contribution in [-0.4, -0.2) is 40.4 Å². The summed E-state index contributed by atoms with van der Waals surface area (Å²) in [5.41, 5.74) is 6.21. The van der Waals surface area contributed by atoms with Gasteiger partial charge in [0, 0.05) is 42.5 Å². The Morgan fingerprint density at radius 1 is 1.14 bits per heavy atom. The third-order valence-corrected chi connectivity index (χ3v) is 5.74. The van der Waals surface area contributed by atoms with E-state index < -0.39 is 0 Å². The molecular weight excluding hydrogens is 444 g/mol. The molecule has 0 bridgehead atoms. The molecule has 4 aromatic heterocycles. The molecule has 178 valence electrons. The van der Waals surface area contributed by atoms with Crippen LogP contribution in [0.4, 0.5) is 0 Å². The highest BCUT2D eigenvalue weighted by Gasteiger charge is 2.24. The van der Waals surface area contributed by atoms with Crippen molar-refractivity contribution in [1.82, 2.24) is 39.8 Å². The average molecular weight is 471 g/mol. The second-order valence-electron chi connectivity index (χ2n) is 9.54. The van der Waals surface area contributed by atoms with Crippen molar-refractivity contribution >= 4 is 11.4 Å². The van der Waals surface area contributed by atoms with Gasteiger partial charge in [-0.1, -0.05) is 38.1 Å². The molecule has 1 amide bonds. The van der Waals surface area contributed by atoms with Crippen molar-refractivity contribution in [3.63, 3.8) is 0 Å². The molecule has 10 nitrogen and oxygen atoms in total. The first-order chi connectivity index (χ1) is 16.7. The van der Waals surface area contributed by atoms with Crippen LogP contribution in [0.2, 0.25) is 0 Å². The highest BCUT2D eigenvalue weighted by atomic mass is 16.5. The van der Waals surface area contributed by atoms with E-state index in [4.69, 9.17) is 4.52 Å². The third kappa shape index (κ3) is 4.42. The minimum Gasteiger partial charge on any atom is -0.345 e. The van der Waals surface area contributed by atoms with Gasteiger partial charge in [0.2, 0.25) is 5.89 Å². The molecular formula is C25H26N8O2. The minimum absolute atomic E-state index is 0.0320. The quantitative estimate of drug-likeness (QED) is 0.416. The van der Waals surface area contributed by atoms with Crippen LogP contribution in [0.1, 0.15) is 48.4 Å². The number of nitrogens with zero attached hydrogens (tertiary/aromatic N) is 7. The summed E-state index contributed by atoms with van der Waals surface area (Å²) < 4.78 is 8.80. The topological polar surface area (TPSA) is 116 Å². The molecule has 5 rings (SSSR count). The van der Waals surface area contributed by atoms with Crippen LogP contribution in [0.3, 0.4) is 0 Å². The monoisotopic (exact) mass is 470 g/mol. The Morgan fingerprint density at radius 2 is 1.97 bits per heavy atom. The van der Waals surface area contributed by atoms with Gasteiger partial charge in [0.25, 0.3) is 11.7 Å². The summed E-state index contributed by atoms with van der Waals surface area (Å²) in [5.74, 6) is 0.0842. The van der Waals surface area contributed by atoms with E-state index in [1.807, 2.05) is 75.9 Å². The van der Waals surface area contributed by atoms with Gasteiger partial charge in [-0.2, -0.15) is 15.2 Å². The molecule has 0 aliphatic heterocycles. The van der Waals surface area contributed by atoms with Crippen molar-refractivity contribution in [3.8, 4) is 22.5 Å². The zero-order valence-corrected chi connectivity index (χ0v) is 20.3. The molecule has 0 saturated carbocycles. The fourth-order valence-corrected chi connectivity index (χ4v) is 3.78. The summed E-state index contributed by atoms with van der Waals surface area (Å²) >= 11 is 0. The van der Waals surface area contributed by atoms with E-state index in [-0.39, 0.29) is 17.1 Å². The predicted molar refractivity (Wildman–Crippen MR) is 130 cm³/mol. The molecule has 0 radical (unpaired) electrons. The van der Waals surface area contributed by atoms with Gasteiger partial charge >= 0.3 is 0 Å². The van der Waals surface area contributed by atoms with E-state index in [1.165, 1.54) is 0 Å². The molecule has 0 fully saturated rings. The number of carbonyl (C=O) groups is 1. The smallest absolute Gasteiger partial charge is 0.292 e. The molecule has 0 aliphatic rings. The van der Waals surface area contributed by atoms with Crippen molar-refractivity contribution in [2.75, 3.05) is 0 Å². The van der Waals surface area contributed by atoms with Gasteiger partial charge in [0.1, 0.15) is 6.33 Å². The van der Waals surface area contributed by atoms with E-state index in [0.717, 1.165) is 39.2 Å². The SMILES string of the molecule is Cc1cc(-c2ncnn3cc(-c4ccn(C)n4)cc23)ccc1CNC(=O)c1noc(C(C)(C)C)n1. The molecule has 4 heterocycles. The lowest BCUT2D eigenvalue weighted by Gasteiger charge is -2.10. The van der Waals surface area contributed by atoms with Gasteiger partial charge < -0.3 is 9.84 Å². The number of hydrogen-bond donors (Lipinski definition) is 1. The predicted octanol–water partition coefficient (Wildman–Crippen LogP) is 3.72. The number of carbonyl (C=O) groups excluding carboxylic acids is 1. The lowest BCUT2D eigenvalue weighted by Crippen LogP contribution is -2.24. The Labute approximate surface area is 202 Å². The highest BCUT2D eigenvalue weighted by molar-refractivity contribution is 5.90. The fourth-order valence-electron chi connectivity index (χ4n) is 3.78. The highest BCUT2D eigenvalue weighted by Crippen LogP contribution is 2.28. The van der Waals surface area contributed by atoms with Crippen LogP contribution in [0.15, 0.2) is 53.6 Å². The maximum atomic E-state index is 12.5. The number of aryl methyl sites for hydroxylation is 2. The largest absolute Gasteiger partial charge is 0.345 e. The van der Waals surface area contributed by atoms with Crippen LogP contribution < -0.4 is 5.32 Å². The second kappa shape index (κ2) is 8.46. The fraction of sp³-hybridized carbons (Fsp3) is 0.280. The van der Waals surface area contributed by atoms with Gasteiger partial charge in [-0.3, -0.25) is 9.48 Å². The molecule has 10 heteroatoms. The van der Waals surface area contributed by atoms with Gasteiger partial charge in [-0.05, 0) is 36.2 Å². The summed E-state index contributed by atoms with van der Waals surface area (Å²) in [7, 11) is 1.89. The van der Waals surface area contributed by atoms with Gasteiger partial charge in [-0.25, -0.2) is 9.50 Å². The summed E-state index contributed by atoms with van der Waals surface area (Å²) in [6.45, 7) is 8.20. The Bertz CT molecular complexity index is 1540. The first-order valence-corrected chi connectivity index (χ1v) is 11.2. The Balaban J connectivity index is 1.36. The van der Waals surface area contributed by atoms with Gasteiger partial charge in [0.15, 0.2) is 0 Å². The molecule has 0 saturated heterocycles. The van der Waals surface area contributed by atoms with E-state index in [9.17, 15) is 4.79 Å². The zero-order valence-electron chi connectivity index (χ0n) is 20.3. The van der Waals surface area contributed by atoms with Crippen LogP contribution in [-0.2, 0) is 19.0 Å². The maximum Gasteiger partial charge on any atom is 0.292 e. The Kier molecular flexibility index (Phi) is 5.43. The van der Waals surface area contributed by atoms with Crippen molar-refractivity contribution in [1.29, 1.82) is 0 Å². The molecule has 0 aliphatic carbocycles. The van der Waals surface area contributed by atoms with Crippen LogP contribution >= 0.6 is 0 Å². The molecule has 0 spiro atoms. The van der Waals surface area contributed by atoms with Crippen molar-refractivity contribution in [3.05, 3.63) is 71.9 Å². The van der Waals surface area contributed by atoms with Gasteiger partial charge in [0.05, 0.1) is 16.9 Å². The van der Waals surface area contributed by atoms with Crippen molar-refractivity contribution < 1.29 is 9.32 Å². The molecule has 0 unspecified atom stereocenters.